The van der Waals surface area contributed by atoms with Crippen LogP contribution in [0.1, 0.15) is 6.42 Å². The molecule has 0 aliphatic carbocycles. The van der Waals surface area contributed by atoms with Crippen LogP contribution in [0, 0.1) is 0 Å². The van der Waals surface area contributed by atoms with Crippen LogP contribution in [-0.4, -0.2) is 26.1 Å². The lowest BCUT2D eigenvalue weighted by Crippen LogP contribution is -2.08. The summed E-state index contributed by atoms with van der Waals surface area (Å²) in [6, 6.07) is 6.03. The standard InChI is InChI=1S/C14H15N5S/c1-3-13(20-10-1)12-4-6-17-14(18-12)16-5-2-8-19-9-7-15-11-19/h1,3-4,6-7,9-11H,2,5,8H2,(H,16,17,18). The van der Waals surface area contributed by atoms with Crippen LogP contribution in [-0.2, 0) is 6.54 Å². The van der Waals surface area contributed by atoms with E-state index < -0.39 is 0 Å². The number of nitrogens with zero attached hydrogens (tertiary/aromatic N) is 4. The maximum absolute atomic E-state index is 4.52. The molecule has 0 aliphatic heterocycles. The molecule has 6 heteroatoms. The highest BCUT2D eigenvalue weighted by atomic mass is 32.1. The molecule has 102 valence electrons. The average molecular weight is 285 g/mol. The molecule has 0 saturated heterocycles. The molecule has 20 heavy (non-hydrogen) atoms. The monoisotopic (exact) mass is 285 g/mol. The smallest absolute Gasteiger partial charge is 0.223 e. The molecule has 3 aromatic heterocycles. The third-order valence-corrected chi connectivity index (χ3v) is 3.76. The van der Waals surface area contributed by atoms with Gasteiger partial charge in [-0.25, -0.2) is 15.0 Å². The van der Waals surface area contributed by atoms with Crippen LogP contribution in [0.15, 0.2) is 48.5 Å². The van der Waals surface area contributed by atoms with Gasteiger partial charge in [0.2, 0.25) is 5.95 Å². The number of nitrogens with one attached hydrogen (secondary N) is 1. The van der Waals surface area contributed by atoms with Crippen molar-refractivity contribution < 1.29 is 0 Å². The van der Waals surface area contributed by atoms with Crippen LogP contribution in [0.25, 0.3) is 10.6 Å². The van der Waals surface area contributed by atoms with Gasteiger partial charge >= 0.3 is 0 Å². The zero-order valence-corrected chi connectivity index (χ0v) is 11.8. The van der Waals surface area contributed by atoms with Crippen molar-refractivity contribution in [3.8, 4) is 10.6 Å². The van der Waals surface area contributed by atoms with E-state index in [0.717, 1.165) is 30.1 Å². The number of thiophene rings is 1. The summed E-state index contributed by atoms with van der Waals surface area (Å²) in [5, 5.41) is 5.31. The van der Waals surface area contributed by atoms with E-state index in [1.165, 1.54) is 0 Å². The zero-order chi connectivity index (χ0) is 13.6. The maximum atomic E-state index is 4.52. The highest BCUT2D eigenvalue weighted by Gasteiger charge is 2.02. The average Bonchev–Trinajstić information content (AvgIpc) is 3.17. The van der Waals surface area contributed by atoms with Crippen LogP contribution < -0.4 is 5.32 Å². The lowest BCUT2D eigenvalue weighted by molar-refractivity contribution is 0.659. The van der Waals surface area contributed by atoms with E-state index in [1.54, 1.807) is 23.7 Å². The van der Waals surface area contributed by atoms with Gasteiger partial charge in [0.05, 0.1) is 16.9 Å². The molecule has 0 radical (unpaired) electrons. The Morgan fingerprint density at radius 1 is 1.25 bits per heavy atom. The highest BCUT2D eigenvalue weighted by molar-refractivity contribution is 7.13. The summed E-state index contributed by atoms with van der Waals surface area (Å²) in [6.45, 7) is 1.78. The topological polar surface area (TPSA) is 55.6 Å². The molecule has 0 atom stereocenters. The van der Waals surface area contributed by atoms with E-state index in [-0.39, 0.29) is 0 Å². The quantitative estimate of drug-likeness (QED) is 0.708. The summed E-state index contributed by atoms with van der Waals surface area (Å²) < 4.78 is 2.06. The van der Waals surface area contributed by atoms with E-state index in [0.29, 0.717) is 5.95 Å². The van der Waals surface area contributed by atoms with Gasteiger partial charge in [-0.15, -0.1) is 11.3 Å². The minimum absolute atomic E-state index is 0.682. The number of hydrogen-bond acceptors (Lipinski definition) is 5. The van der Waals surface area contributed by atoms with Crippen molar-refractivity contribution in [3.05, 3.63) is 48.5 Å². The largest absolute Gasteiger partial charge is 0.354 e. The Morgan fingerprint density at radius 2 is 2.25 bits per heavy atom. The van der Waals surface area contributed by atoms with E-state index in [1.807, 2.05) is 24.7 Å². The van der Waals surface area contributed by atoms with Crippen LogP contribution in [0.5, 0.6) is 0 Å². The van der Waals surface area contributed by atoms with E-state index in [2.05, 4.69) is 36.3 Å². The molecular formula is C14H15N5S. The summed E-state index contributed by atoms with van der Waals surface area (Å²) in [7, 11) is 0. The van der Waals surface area contributed by atoms with Crippen molar-refractivity contribution in [1.82, 2.24) is 19.5 Å². The first-order chi connectivity index (χ1) is 9.92. The van der Waals surface area contributed by atoms with Gasteiger partial charge in [-0.1, -0.05) is 6.07 Å². The molecule has 1 N–H and O–H groups in total. The SMILES string of the molecule is c1csc(-c2ccnc(NCCCn3ccnc3)n2)c1. The van der Waals surface area contributed by atoms with Crippen LogP contribution >= 0.6 is 11.3 Å². The highest BCUT2D eigenvalue weighted by Crippen LogP contribution is 2.22. The molecular weight excluding hydrogens is 270 g/mol. The van der Waals surface area contributed by atoms with Crippen molar-refractivity contribution in [1.29, 1.82) is 0 Å². The summed E-state index contributed by atoms with van der Waals surface area (Å²) >= 11 is 1.68. The van der Waals surface area contributed by atoms with Gasteiger partial charge in [0.15, 0.2) is 0 Å². The van der Waals surface area contributed by atoms with Crippen LogP contribution in [0.4, 0.5) is 5.95 Å². The fraction of sp³-hybridized carbons (Fsp3) is 0.214. The van der Waals surface area contributed by atoms with Crippen LogP contribution in [0.2, 0.25) is 0 Å². The van der Waals surface area contributed by atoms with Gasteiger partial charge in [-0.05, 0) is 23.9 Å². The number of rotatable bonds is 6. The van der Waals surface area contributed by atoms with Crippen LogP contribution in [0.3, 0.4) is 0 Å². The molecule has 0 unspecified atom stereocenters. The number of imidazole rings is 1. The van der Waals surface area contributed by atoms with Gasteiger partial charge in [-0.3, -0.25) is 0 Å². The Morgan fingerprint density at radius 3 is 3.05 bits per heavy atom. The van der Waals surface area contributed by atoms with Crippen molar-refractivity contribution in [2.45, 2.75) is 13.0 Å². The minimum atomic E-state index is 0.682. The Kier molecular flexibility index (Phi) is 4.03. The van der Waals surface area contributed by atoms with Crippen molar-refractivity contribution in [3.63, 3.8) is 0 Å². The minimum Gasteiger partial charge on any atom is -0.354 e. The van der Waals surface area contributed by atoms with Gasteiger partial charge in [0.1, 0.15) is 0 Å². The summed E-state index contributed by atoms with van der Waals surface area (Å²) in [4.78, 5) is 13.9. The molecule has 0 spiro atoms. The van der Waals surface area contributed by atoms with Gasteiger partial charge in [-0.2, -0.15) is 0 Å². The number of aromatic nitrogens is 4. The fourth-order valence-corrected chi connectivity index (χ4v) is 2.58. The molecule has 5 nitrogen and oxygen atoms in total. The molecule has 0 bridgehead atoms. The fourth-order valence-electron chi connectivity index (χ4n) is 1.89. The Bertz CT molecular complexity index is 633. The van der Waals surface area contributed by atoms with Gasteiger partial charge < -0.3 is 9.88 Å². The molecule has 3 heterocycles. The lowest BCUT2D eigenvalue weighted by Gasteiger charge is -2.06. The molecule has 0 amide bonds. The van der Waals surface area contributed by atoms with E-state index in [9.17, 15) is 0 Å². The predicted octanol–water partition coefficient (Wildman–Crippen LogP) is 2.90. The van der Waals surface area contributed by atoms with Crippen molar-refractivity contribution in [2.24, 2.45) is 0 Å². The van der Waals surface area contributed by atoms with Crippen molar-refractivity contribution >= 4 is 17.3 Å². The molecule has 3 aromatic rings. The molecule has 3 rings (SSSR count). The first-order valence-electron chi connectivity index (χ1n) is 6.48. The Hall–Kier alpha value is -2.21. The summed E-state index contributed by atoms with van der Waals surface area (Å²) in [5.74, 6) is 0.682. The van der Waals surface area contributed by atoms with E-state index >= 15 is 0 Å². The lowest BCUT2D eigenvalue weighted by atomic mass is 10.3. The van der Waals surface area contributed by atoms with Gasteiger partial charge in [0, 0.05) is 31.7 Å². The van der Waals surface area contributed by atoms with Gasteiger partial charge in [0.25, 0.3) is 0 Å². The second kappa shape index (κ2) is 6.29. The molecule has 0 aliphatic rings. The Balaban J connectivity index is 1.54. The second-order valence-electron chi connectivity index (χ2n) is 4.32. The summed E-state index contributed by atoms with van der Waals surface area (Å²) in [5.41, 5.74) is 0.965. The first kappa shape index (κ1) is 12.8. The maximum Gasteiger partial charge on any atom is 0.223 e. The third kappa shape index (κ3) is 3.21. The number of hydrogen-bond donors (Lipinski definition) is 1. The molecule has 0 saturated carbocycles. The first-order valence-corrected chi connectivity index (χ1v) is 7.36. The molecule has 0 fully saturated rings. The number of anilines is 1. The third-order valence-electron chi connectivity index (χ3n) is 2.86. The zero-order valence-electron chi connectivity index (χ0n) is 10.9. The predicted molar refractivity (Wildman–Crippen MR) is 80.7 cm³/mol. The normalized spacial score (nSPS) is 10.6. The van der Waals surface area contributed by atoms with Crippen molar-refractivity contribution in [2.75, 3.05) is 11.9 Å². The summed E-state index contributed by atoms with van der Waals surface area (Å²) in [6.07, 6.45) is 8.38. The number of aryl methyl sites for hydroxylation is 1. The second-order valence-corrected chi connectivity index (χ2v) is 5.27. The van der Waals surface area contributed by atoms with E-state index in [4.69, 9.17) is 0 Å². The molecule has 0 aromatic carbocycles. The Labute approximate surface area is 121 Å².